The summed E-state index contributed by atoms with van der Waals surface area (Å²) in [6, 6.07) is 6.55. The highest BCUT2D eigenvalue weighted by atomic mass is 32.2. The Morgan fingerprint density at radius 3 is 1.92 bits per heavy atom. The molecule has 2 aromatic carbocycles. The van der Waals surface area contributed by atoms with E-state index in [2.05, 4.69) is 78.4 Å². The summed E-state index contributed by atoms with van der Waals surface area (Å²) in [5.74, 6) is -0.590. The molecule has 2 atom stereocenters. The summed E-state index contributed by atoms with van der Waals surface area (Å²) in [5, 5.41) is 25.9. The molecule has 3 N–H and O–H groups in total. The number of non-ortho nitro benzene ring substituents is 1. The van der Waals surface area contributed by atoms with Gasteiger partial charge in [0, 0.05) is 35.1 Å². The van der Waals surface area contributed by atoms with Crippen LogP contribution in [0.5, 0.6) is 11.5 Å². The SMILES string of the molecule is COC(=O)[C@@H](CSCCc1c(O[Si](C)(C)C(C)(C)C)cc(O[Si](C)(C)C(C)(C)C)c(C)c1C(=O)OCc1ccc([N+](=O)[O-])cc1)NC(=O)C[C@H](O)NC(=O)OC(C)(C)C. The molecule has 0 unspecified atom stereocenters. The van der Waals surface area contributed by atoms with Crippen LogP contribution in [0.3, 0.4) is 0 Å². The molecular weight excluding hydrogens is 815 g/mol. The molecule has 0 aliphatic rings. The Morgan fingerprint density at radius 2 is 1.42 bits per heavy atom. The van der Waals surface area contributed by atoms with E-state index in [9.17, 15) is 34.4 Å². The van der Waals surface area contributed by atoms with Gasteiger partial charge in [0.15, 0.2) is 0 Å². The molecule has 330 valence electrons. The van der Waals surface area contributed by atoms with Crippen molar-refractivity contribution in [2.45, 2.75) is 143 Å². The monoisotopic (exact) mass is 879 g/mol. The number of rotatable bonds is 18. The molecule has 0 saturated carbocycles. The van der Waals surface area contributed by atoms with Crippen LogP contribution in [0.1, 0.15) is 95.8 Å². The van der Waals surface area contributed by atoms with Crippen LogP contribution in [-0.2, 0) is 36.8 Å². The number of nitro benzene ring substituents is 1. The molecule has 0 heterocycles. The highest BCUT2D eigenvalue weighted by Crippen LogP contribution is 2.44. The second-order valence-corrected chi connectivity index (χ2v) is 29.0. The van der Waals surface area contributed by atoms with Gasteiger partial charge >= 0.3 is 18.0 Å². The van der Waals surface area contributed by atoms with E-state index >= 15 is 0 Å². The van der Waals surface area contributed by atoms with Crippen molar-refractivity contribution >= 4 is 58.0 Å². The number of ether oxygens (including phenoxy) is 3. The average Bonchev–Trinajstić information content (AvgIpc) is 3.07. The van der Waals surface area contributed by atoms with Crippen molar-refractivity contribution in [2.75, 3.05) is 18.6 Å². The summed E-state index contributed by atoms with van der Waals surface area (Å²) in [4.78, 5) is 62.6. The van der Waals surface area contributed by atoms with E-state index in [1.807, 2.05) is 13.0 Å². The molecule has 2 aromatic rings. The Morgan fingerprint density at radius 1 is 0.881 bits per heavy atom. The van der Waals surface area contributed by atoms with E-state index in [0.717, 1.165) is 0 Å². The van der Waals surface area contributed by atoms with Gasteiger partial charge in [0.1, 0.15) is 36.0 Å². The number of thioether (sulfide) groups is 1. The Bertz CT molecular complexity index is 1820. The number of esters is 2. The van der Waals surface area contributed by atoms with Gasteiger partial charge in [-0.05, 0) is 93.8 Å². The fraction of sp³-hybridized carbons (Fsp3) is 0.610. The Balaban J connectivity index is 2.53. The van der Waals surface area contributed by atoms with Crippen LogP contribution in [0.2, 0.25) is 36.3 Å². The fourth-order valence-electron chi connectivity index (χ4n) is 4.91. The van der Waals surface area contributed by atoms with Gasteiger partial charge in [-0.25, -0.2) is 14.4 Å². The molecule has 59 heavy (non-hydrogen) atoms. The molecule has 0 fully saturated rings. The first-order valence-corrected chi connectivity index (χ1v) is 26.4. The van der Waals surface area contributed by atoms with Crippen molar-refractivity contribution in [3.8, 4) is 11.5 Å². The van der Waals surface area contributed by atoms with Gasteiger partial charge in [0.25, 0.3) is 5.69 Å². The minimum Gasteiger partial charge on any atom is -0.543 e. The maximum Gasteiger partial charge on any atom is 0.409 e. The first-order chi connectivity index (χ1) is 26.9. The number of benzene rings is 2. The van der Waals surface area contributed by atoms with E-state index in [4.69, 9.17) is 23.1 Å². The lowest BCUT2D eigenvalue weighted by Gasteiger charge is -2.39. The molecule has 0 saturated heterocycles. The van der Waals surface area contributed by atoms with Crippen LogP contribution >= 0.6 is 11.8 Å². The lowest BCUT2D eigenvalue weighted by Crippen LogP contribution is -2.47. The van der Waals surface area contributed by atoms with E-state index in [0.29, 0.717) is 33.9 Å². The molecule has 0 aromatic heterocycles. The first-order valence-electron chi connectivity index (χ1n) is 19.5. The number of nitro groups is 1. The lowest BCUT2D eigenvalue weighted by atomic mass is 9.98. The molecule has 0 aliphatic heterocycles. The Hall–Kier alpha value is -4.14. The second-order valence-electron chi connectivity index (χ2n) is 18.4. The summed E-state index contributed by atoms with van der Waals surface area (Å²) in [6.07, 6.45) is -2.72. The number of carbonyl (C=O) groups excluding carboxylic acids is 4. The topological polar surface area (TPSA) is 202 Å². The Labute approximate surface area is 355 Å². The first kappa shape index (κ1) is 51.0. The third-order valence-electron chi connectivity index (χ3n) is 10.3. The van der Waals surface area contributed by atoms with Crippen LogP contribution < -0.4 is 19.5 Å². The molecule has 2 amide bonds. The van der Waals surface area contributed by atoms with E-state index in [1.54, 1.807) is 20.8 Å². The number of amides is 2. The molecule has 0 radical (unpaired) electrons. The van der Waals surface area contributed by atoms with Crippen molar-refractivity contribution in [3.63, 3.8) is 0 Å². The number of aliphatic hydroxyl groups excluding tert-OH is 1. The predicted octanol–water partition coefficient (Wildman–Crippen LogP) is 8.19. The zero-order valence-electron chi connectivity index (χ0n) is 37.4. The van der Waals surface area contributed by atoms with E-state index < -0.39 is 69.8 Å². The summed E-state index contributed by atoms with van der Waals surface area (Å²) < 4.78 is 29.7. The maximum atomic E-state index is 14.3. The number of nitrogens with one attached hydrogen (secondary N) is 2. The molecule has 0 bridgehead atoms. The normalized spacial score (nSPS) is 13.4. The zero-order valence-corrected chi connectivity index (χ0v) is 40.2. The van der Waals surface area contributed by atoms with Crippen LogP contribution in [-0.4, -0.2) is 87.1 Å². The highest BCUT2D eigenvalue weighted by molar-refractivity contribution is 7.99. The van der Waals surface area contributed by atoms with Gasteiger partial charge < -0.3 is 33.5 Å². The van der Waals surface area contributed by atoms with Crippen LogP contribution in [0.4, 0.5) is 10.5 Å². The van der Waals surface area contributed by atoms with Crippen molar-refractivity contribution in [1.29, 1.82) is 0 Å². The van der Waals surface area contributed by atoms with Crippen molar-refractivity contribution in [2.24, 2.45) is 0 Å². The maximum absolute atomic E-state index is 14.3. The number of hydrogen-bond acceptors (Lipinski definition) is 13. The molecule has 18 heteroatoms. The van der Waals surface area contributed by atoms with Gasteiger partial charge in [-0.1, -0.05) is 41.5 Å². The average molecular weight is 880 g/mol. The number of nitrogens with zero attached hydrogens (tertiary/aromatic N) is 1. The third kappa shape index (κ3) is 15.4. The van der Waals surface area contributed by atoms with Crippen molar-refractivity contribution in [3.05, 3.63) is 62.7 Å². The number of hydrogen-bond donors (Lipinski definition) is 3. The van der Waals surface area contributed by atoms with Crippen molar-refractivity contribution in [1.82, 2.24) is 10.6 Å². The molecule has 15 nitrogen and oxygen atoms in total. The molecule has 0 spiro atoms. The highest BCUT2D eigenvalue weighted by Gasteiger charge is 2.42. The zero-order chi connectivity index (χ0) is 45.3. The minimum atomic E-state index is -2.52. The summed E-state index contributed by atoms with van der Waals surface area (Å²) >= 11 is 1.32. The van der Waals surface area contributed by atoms with Gasteiger partial charge in [-0.15, -0.1) is 0 Å². The van der Waals surface area contributed by atoms with E-state index in [-0.39, 0.29) is 40.1 Å². The lowest BCUT2D eigenvalue weighted by molar-refractivity contribution is -0.384. The van der Waals surface area contributed by atoms with Crippen molar-refractivity contribution < 1.29 is 52.3 Å². The summed E-state index contributed by atoms with van der Waals surface area (Å²) in [5.41, 5.74) is 1.11. The molecule has 0 aliphatic carbocycles. The molecular formula is C41H65N3O12SSi2. The number of carbonyl (C=O) groups is 4. The Kier molecular flexibility index (Phi) is 17.7. The fourth-order valence-corrected chi connectivity index (χ4v) is 7.99. The quantitative estimate of drug-likeness (QED) is 0.0246. The van der Waals surface area contributed by atoms with E-state index in [1.165, 1.54) is 43.1 Å². The second kappa shape index (κ2) is 20.4. The van der Waals surface area contributed by atoms with Gasteiger partial charge in [-0.2, -0.15) is 11.8 Å². The minimum absolute atomic E-state index is 0.0813. The number of aliphatic hydroxyl groups is 1. The smallest absolute Gasteiger partial charge is 0.409 e. The summed E-state index contributed by atoms with van der Waals surface area (Å²) in [6.45, 7) is 27.8. The predicted molar refractivity (Wildman–Crippen MR) is 234 cm³/mol. The summed E-state index contributed by atoms with van der Waals surface area (Å²) in [7, 11) is -3.76. The third-order valence-corrected chi connectivity index (χ3v) is 20.1. The van der Waals surface area contributed by atoms with Crippen LogP contribution in [0.15, 0.2) is 30.3 Å². The van der Waals surface area contributed by atoms with Crippen LogP contribution in [0.25, 0.3) is 0 Å². The number of methoxy groups -OCH3 is 1. The van der Waals surface area contributed by atoms with Gasteiger partial charge in [-0.3, -0.25) is 20.2 Å². The standard InChI is InChI=1S/C41H65N3O12SSi2/c1-26-31(55-58(12,13)40(5,6)7)22-32(56-59(14,15)41(8,9)10)29(35(26)37(48)53-24-27-16-18-28(19-17-27)44(50)51)20-21-57-25-30(36(47)52-11)42-33(45)23-34(46)43-38(49)54-39(2,3)4/h16-19,22,30,34,46H,20-21,23-25H2,1-15H3,(H,42,45)(H,43,49)/t30-,34+/m1/s1. The van der Waals surface area contributed by atoms with Gasteiger partial charge in [0.05, 0.1) is 24.0 Å². The van der Waals surface area contributed by atoms with Crippen LogP contribution in [0, 0.1) is 17.0 Å². The largest absolute Gasteiger partial charge is 0.543 e. The van der Waals surface area contributed by atoms with Gasteiger partial charge in [0.2, 0.25) is 22.5 Å². The molecule has 2 rings (SSSR count). The number of alkyl carbamates (subject to hydrolysis) is 1.